The second-order valence-electron chi connectivity index (χ2n) is 7.40. The van der Waals surface area contributed by atoms with Gasteiger partial charge in [0, 0.05) is 24.6 Å². The highest BCUT2D eigenvalue weighted by Crippen LogP contribution is 2.45. The van der Waals surface area contributed by atoms with Gasteiger partial charge in [-0.2, -0.15) is 0 Å². The summed E-state index contributed by atoms with van der Waals surface area (Å²) < 4.78 is 0.193. The van der Waals surface area contributed by atoms with E-state index in [4.69, 9.17) is 0 Å². The highest BCUT2D eigenvalue weighted by molar-refractivity contribution is 5.89. The summed E-state index contributed by atoms with van der Waals surface area (Å²) in [4.78, 5) is 25.9. The number of carbonyl (C=O) groups is 2. The Bertz CT molecular complexity index is 865. The smallest absolute Gasteiger partial charge is 0.407 e. The molecule has 142 valence electrons. The van der Waals surface area contributed by atoms with Crippen molar-refractivity contribution in [2.45, 2.75) is 39.3 Å². The van der Waals surface area contributed by atoms with E-state index in [1.54, 1.807) is 6.92 Å². The predicted octanol–water partition coefficient (Wildman–Crippen LogP) is 4.67. The van der Waals surface area contributed by atoms with Crippen LogP contribution in [-0.2, 0) is 4.79 Å². The van der Waals surface area contributed by atoms with E-state index in [0.717, 1.165) is 22.4 Å². The number of quaternary nitrogens is 1. The van der Waals surface area contributed by atoms with Crippen molar-refractivity contribution >= 4 is 17.7 Å². The molecule has 1 N–H and O–H groups in total. The van der Waals surface area contributed by atoms with Gasteiger partial charge in [0.2, 0.25) is 0 Å². The third kappa shape index (κ3) is 3.12. The molecule has 0 bridgehead atoms. The molecule has 0 radical (unpaired) electrons. The Morgan fingerprint density at radius 2 is 1.81 bits per heavy atom. The minimum absolute atomic E-state index is 0.00373. The molecule has 0 aliphatic carbocycles. The number of amides is 2. The molecule has 5 heteroatoms. The molecule has 2 aromatic carbocycles. The van der Waals surface area contributed by atoms with E-state index in [1.807, 2.05) is 63.4 Å². The first kappa shape index (κ1) is 19.1. The van der Waals surface area contributed by atoms with Crippen LogP contribution in [0.5, 0.6) is 0 Å². The topological polar surface area (TPSA) is 57.6 Å². The lowest BCUT2D eigenvalue weighted by Crippen LogP contribution is -2.60. The minimum atomic E-state index is -0.926. The maximum Gasteiger partial charge on any atom is 0.407 e. The van der Waals surface area contributed by atoms with Crippen molar-refractivity contribution in [1.29, 1.82) is 0 Å². The van der Waals surface area contributed by atoms with Crippen molar-refractivity contribution < 1.29 is 14.7 Å². The van der Waals surface area contributed by atoms with Crippen LogP contribution in [0.25, 0.3) is 11.1 Å². The van der Waals surface area contributed by atoms with Gasteiger partial charge >= 0.3 is 12.0 Å². The summed E-state index contributed by atoms with van der Waals surface area (Å²) >= 11 is 0. The molecule has 2 amide bonds. The van der Waals surface area contributed by atoms with Crippen molar-refractivity contribution in [2.24, 2.45) is 0 Å². The summed E-state index contributed by atoms with van der Waals surface area (Å²) in [6, 6.07) is 15.8. The molecule has 0 saturated carbocycles. The van der Waals surface area contributed by atoms with Gasteiger partial charge in [0.1, 0.15) is 5.69 Å². The largest absolute Gasteiger partial charge is 0.465 e. The van der Waals surface area contributed by atoms with Crippen LogP contribution in [-0.4, -0.2) is 41.6 Å². The molecule has 1 heterocycles. The predicted molar refractivity (Wildman–Crippen MR) is 108 cm³/mol. The number of carboxylic acid groups (broad SMARTS) is 1. The van der Waals surface area contributed by atoms with Crippen molar-refractivity contribution in [2.75, 3.05) is 13.6 Å². The molecule has 3 rings (SSSR count). The zero-order chi connectivity index (χ0) is 19.8. The number of nitrogens with zero attached hydrogens (tertiary/aromatic N) is 2. The van der Waals surface area contributed by atoms with Crippen LogP contribution in [0.15, 0.2) is 48.5 Å². The highest BCUT2D eigenvalue weighted by Gasteiger charge is 2.47. The lowest BCUT2D eigenvalue weighted by atomic mass is 9.86. The summed E-state index contributed by atoms with van der Waals surface area (Å²) in [5, 5.41) is 9.72. The van der Waals surface area contributed by atoms with Gasteiger partial charge in [-0.3, -0.25) is 0 Å². The van der Waals surface area contributed by atoms with Gasteiger partial charge in [-0.15, -0.1) is 0 Å². The fourth-order valence-electron chi connectivity index (χ4n) is 4.22. The first-order valence-corrected chi connectivity index (χ1v) is 9.37. The van der Waals surface area contributed by atoms with E-state index < -0.39 is 6.09 Å². The molecule has 27 heavy (non-hydrogen) atoms. The summed E-state index contributed by atoms with van der Waals surface area (Å²) in [7, 11) is 1.93. The molecule has 1 unspecified atom stereocenters. The van der Waals surface area contributed by atoms with Crippen LogP contribution in [0.4, 0.5) is 10.5 Å². The van der Waals surface area contributed by atoms with E-state index in [2.05, 4.69) is 6.07 Å². The second-order valence-corrected chi connectivity index (χ2v) is 7.40. The second kappa shape index (κ2) is 7.16. The molecule has 0 aromatic heterocycles. The molecular formula is C22H27N2O3+. The Labute approximate surface area is 160 Å². The standard InChI is InChI=1S/C22H26N2O3/c1-5-23(22(26)27)20-13-15(2)24(4,16(3)25)21-12-11-18(14-19(20)21)17-9-7-6-8-10-17/h6-12,14-15,20H,5,13H2,1-4H3/p+1/t15-,20+,24?/m0/s1. The summed E-state index contributed by atoms with van der Waals surface area (Å²) in [5.74, 6) is 0.0630. The van der Waals surface area contributed by atoms with Crippen LogP contribution in [0.3, 0.4) is 0 Å². The maximum atomic E-state index is 12.6. The Hall–Kier alpha value is -2.66. The van der Waals surface area contributed by atoms with Crippen molar-refractivity contribution in [3.05, 3.63) is 54.1 Å². The lowest BCUT2D eigenvalue weighted by molar-refractivity contribution is -0.129. The van der Waals surface area contributed by atoms with E-state index in [9.17, 15) is 14.7 Å². The third-order valence-electron chi connectivity index (χ3n) is 6.06. The lowest BCUT2D eigenvalue weighted by Gasteiger charge is -2.45. The number of benzene rings is 2. The van der Waals surface area contributed by atoms with Gasteiger partial charge in [0.05, 0.1) is 26.1 Å². The number of hydrogen-bond acceptors (Lipinski definition) is 2. The molecule has 2 aromatic rings. The highest BCUT2D eigenvalue weighted by atomic mass is 16.4. The van der Waals surface area contributed by atoms with Gasteiger partial charge in [0.15, 0.2) is 0 Å². The van der Waals surface area contributed by atoms with Crippen LogP contribution >= 0.6 is 0 Å². The Balaban J connectivity index is 2.22. The number of fused-ring (bicyclic) bond motifs is 1. The van der Waals surface area contributed by atoms with Crippen LogP contribution < -0.4 is 4.48 Å². The van der Waals surface area contributed by atoms with Crippen molar-refractivity contribution in [3.63, 3.8) is 0 Å². The molecule has 1 aliphatic rings. The van der Waals surface area contributed by atoms with Gasteiger partial charge in [-0.25, -0.2) is 14.1 Å². The van der Waals surface area contributed by atoms with E-state index in [0.29, 0.717) is 13.0 Å². The molecule has 3 atom stereocenters. The molecular weight excluding hydrogens is 340 g/mol. The Kier molecular flexibility index (Phi) is 5.07. The number of rotatable bonds is 3. The Morgan fingerprint density at radius 1 is 1.15 bits per heavy atom. The molecule has 0 spiro atoms. The average molecular weight is 367 g/mol. The van der Waals surface area contributed by atoms with Crippen LogP contribution in [0.2, 0.25) is 0 Å². The van der Waals surface area contributed by atoms with E-state index in [1.165, 1.54) is 4.90 Å². The monoisotopic (exact) mass is 367 g/mol. The zero-order valence-corrected chi connectivity index (χ0v) is 16.3. The SMILES string of the molecule is CCN(C(=O)O)[C@@H]1C[C@H](C)[N+](C)(C(C)=O)c2ccc(-c3ccccc3)cc21. The van der Waals surface area contributed by atoms with Crippen LogP contribution in [0.1, 0.15) is 38.8 Å². The summed E-state index contributed by atoms with van der Waals surface area (Å²) in [6.45, 7) is 5.90. The minimum Gasteiger partial charge on any atom is -0.465 e. The van der Waals surface area contributed by atoms with E-state index in [-0.39, 0.29) is 22.5 Å². The molecule has 0 fully saturated rings. The van der Waals surface area contributed by atoms with Gasteiger partial charge < -0.3 is 10.0 Å². The summed E-state index contributed by atoms with van der Waals surface area (Å²) in [6.07, 6.45) is -0.314. The fraction of sp³-hybridized carbons (Fsp3) is 0.364. The average Bonchev–Trinajstić information content (AvgIpc) is 2.66. The van der Waals surface area contributed by atoms with Gasteiger partial charge in [-0.05, 0) is 37.1 Å². The number of carbonyl (C=O) groups excluding carboxylic acids is 1. The van der Waals surface area contributed by atoms with E-state index >= 15 is 0 Å². The fourth-order valence-corrected chi connectivity index (χ4v) is 4.22. The van der Waals surface area contributed by atoms with Gasteiger partial charge in [-0.1, -0.05) is 30.3 Å². The van der Waals surface area contributed by atoms with Gasteiger partial charge in [0.25, 0.3) is 0 Å². The number of hydrogen-bond donors (Lipinski definition) is 1. The third-order valence-corrected chi connectivity index (χ3v) is 6.06. The van der Waals surface area contributed by atoms with Crippen molar-refractivity contribution in [3.8, 4) is 11.1 Å². The summed E-state index contributed by atoms with van der Waals surface area (Å²) in [5.41, 5.74) is 3.93. The first-order valence-electron chi connectivity index (χ1n) is 9.37. The maximum absolute atomic E-state index is 12.6. The quantitative estimate of drug-likeness (QED) is 0.802. The molecule has 0 saturated heterocycles. The normalized spacial score (nSPS) is 24.1. The first-order chi connectivity index (χ1) is 12.8. The molecule has 1 aliphatic heterocycles. The van der Waals surface area contributed by atoms with Crippen LogP contribution in [0, 0.1) is 0 Å². The molecule has 5 nitrogen and oxygen atoms in total. The Morgan fingerprint density at radius 3 is 2.37 bits per heavy atom. The zero-order valence-electron chi connectivity index (χ0n) is 16.3. The van der Waals surface area contributed by atoms with Crippen molar-refractivity contribution in [1.82, 2.24) is 9.38 Å².